The van der Waals surface area contributed by atoms with E-state index in [-0.39, 0.29) is 11.5 Å². The van der Waals surface area contributed by atoms with Crippen molar-refractivity contribution in [2.45, 2.75) is 45.1 Å². The second kappa shape index (κ2) is 6.55. The number of aryl methyl sites for hydroxylation is 1. The van der Waals surface area contributed by atoms with Crippen LogP contribution in [0.25, 0.3) is 0 Å². The Balaban J connectivity index is 1.75. The number of anilines is 1. The van der Waals surface area contributed by atoms with Crippen LogP contribution >= 0.6 is 15.9 Å². The molecule has 24 heavy (non-hydrogen) atoms. The average molecular weight is 394 g/mol. The van der Waals surface area contributed by atoms with Crippen LogP contribution in [-0.2, 0) is 0 Å². The monoisotopic (exact) mass is 393 g/mol. The Morgan fingerprint density at radius 2 is 2.12 bits per heavy atom. The van der Waals surface area contributed by atoms with Gasteiger partial charge in [0.1, 0.15) is 6.07 Å². The van der Waals surface area contributed by atoms with Crippen molar-refractivity contribution in [1.82, 2.24) is 15.3 Å². The largest absolute Gasteiger partial charge is 0.465 e. The van der Waals surface area contributed by atoms with E-state index in [0.717, 1.165) is 50.9 Å². The third-order valence-corrected chi connectivity index (χ3v) is 6.31. The molecule has 1 aliphatic carbocycles. The fourth-order valence-corrected chi connectivity index (χ4v) is 4.29. The van der Waals surface area contributed by atoms with E-state index in [2.05, 4.69) is 42.2 Å². The van der Waals surface area contributed by atoms with E-state index in [9.17, 15) is 10.1 Å². The normalized spacial score (nSPS) is 22.4. The van der Waals surface area contributed by atoms with Gasteiger partial charge in [-0.15, -0.1) is 0 Å². The molecule has 1 saturated carbocycles. The van der Waals surface area contributed by atoms with Crippen LogP contribution in [0.4, 0.5) is 10.7 Å². The zero-order valence-corrected chi connectivity index (χ0v) is 15.1. The van der Waals surface area contributed by atoms with E-state index in [0.29, 0.717) is 16.1 Å². The highest BCUT2D eigenvalue weighted by Gasteiger charge is 2.45. The van der Waals surface area contributed by atoms with Crippen LogP contribution in [-0.4, -0.2) is 40.3 Å². The van der Waals surface area contributed by atoms with Gasteiger partial charge in [-0.3, -0.25) is 0 Å². The second-order valence-corrected chi connectivity index (χ2v) is 7.42. The molecular formula is C16H20BrN5O2. The highest BCUT2D eigenvalue weighted by atomic mass is 79.9. The molecule has 0 radical (unpaired) electrons. The lowest BCUT2D eigenvalue weighted by Crippen LogP contribution is -2.50. The highest BCUT2D eigenvalue weighted by Crippen LogP contribution is 2.46. The van der Waals surface area contributed by atoms with Crippen molar-refractivity contribution in [2.24, 2.45) is 5.41 Å². The van der Waals surface area contributed by atoms with Crippen molar-refractivity contribution in [3.8, 4) is 6.07 Å². The molecule has 1 aromatic rings. The summed E-state index contributed by atoms with van der Waals surface area (Å²) in [6.45, 7) is 3.42. The zero-order chi connectivity index (χ0) is 17.3. The fourth-order valence-electron chi connectivity index (χ4n) is 4.02. The lowest BCUT2D eigenvalue weighted by molar-refractivity contribution is 0.149. The van der Waals surface area contributed by atoms with Gasteiger partial charge in [-0.2, -0.15) is 5.26 Å². The van der Waals surface area contributed by atoms with Crippen LogP contribution in [0.3, 0.4) is 0 Å². The number of hydrogen-bond acceptors (Lipinski definition) is 5. The lowest BCUT2D eigenvalue weighted by atomic mass is 9.74. The molecule has 2 fully saturated rings. The summed E-state index contributed by atoms with van der Waals surface area (Å²) in [5.41, 5.74) is 1.16. The van der Waals surface area contributed by atoms with Crippen LogP contribution in [0.5, 0.6) is 0 Å². The molecule has 2 N–H and O–H groups in total. The maximum atomic E-state index is 11.0. The van der Waals surface area contributed by atoms with E-state index in [1.165, 1.54) is 0 Å². The molecule has 1 saturated heterocycles. The van der Waals surface area contributed by atoms with Crippen molar-refractivity contribution in [2.75, 3.05) is 18.0 Å². The summed E-state index contributed by atoms with van der Waals surface area (Å²) in [7, 11) is 0. The molecule has 3 rings (SSSR count). The van der Waals surface area contributed by atoms with Gasteiger partial charge in [0.25, 0.3) is 0 Å². The predicted molar refractivity (Wildman–Crippen MR) is 91.9 cm³/mol. The van der Waals surface area contributed by atoms with Crippen molar-refractivity contribution in [1.29, 1.82) is 5.26 Å². The Bertz CT molecular complexity index is 694. The van der Waals surface area contributed by atoms with Crippen LogP contribution in [0.1, 0.15) is 43.5 Å². The first-order valence-electron chi connectivity index (χ1n) is 8.14. The number of carboxylic acid groups (broad SMARTS) is 1. The van der Waals surface area contributed by atoms with Crippen molar-refractivity contribution < 1.29 is 9.90 Å². The minimum Gasteiger partial charge on any atom is -0.465 e. The van der Waals surface area contributed by atoms with Crippen LogP contribution in [0.2, 0.25) is 0 Å². The van der Waals surface area contributed by atoms with Gasteiger partial charge in [0, 0.05) is 19.1 Å². The number of aromatic nitrogens is 2. The Kier molecular flexibility index (Phi) is 4.63. The van der Waals surface area contributed by atoms with E-state index in [1.807, 2.05) is 6.92 Å². The molecule has 2 heterocycles. The average Bonchev–Trinajstić information content (AvgIpc) is 2.92. The van der Waals surface area contributed by atoms with Gasteiger partial charge in [-0.05, 0) is 54.0 Å². The standard InChI is InChI=1S/C16H20BrN5O2/c1-10-13(17)11(9-18)20-14(19-10)22-7-5-16(6-8-22)4-2-3-12(16)21-15(23)24/h12,21H,2-8H2,1H3,(H,23,24)/t12-/m1/s1. The number of nitrogens with one attached hydrogen (secondary N) is 1. The van der Waals surface area contributed by atoms with E-state index < -0.39 is 6.09 Å². The fraction of sp³-hybridized carbons (Fsp3) is 0.625. The lowest BCUT2D eigenvalue weighted by Gasteiger charge is -2.43. The Morgan fingerprint density at radius 3 is 2.75 bits per heavy atom. The molecule has 8 heteroatoms. The number of nitriles is 1. The maximum Gasteiger partial charge on any atom is 0.404 e. The van der Waals surface area contributed by atoms with Gasteiger partial charge < -0.3 is 15.3 Å². The summed E-state index contributed by atoms with van der Waals surface area (Å²) in [4.78, 5) is 22.0. The summed E-state index contributed by atoms with van der Waals surface area (Å²) in [5, 5.41) is 21.0. The molecule has 1 amide bonds. The van der Waals surface area contributed by atoms with Crippen LogP contribution in [0, 0.1) is 23.7 Å². The van der Waals surface area contributed by atoms with Gasteiger partial charge in [0.2, 0.25) is 5.95 Å². The summed E-state index contributed by atoms with van der Waals surface area (Å²) in [6.07, 6.45) is 3.94. The molecule has 1 aromatic heterocycles. The number of carbonyl (C=O) groups is 1. The quantitative estimate of drug-likeness (QED) is 0.800. The number of rotatable bonds is 2. The van der Waals surface area contributed by atoms with Crippen molar-refractivity contribution >= 4 is 28.0 Å². The Labute approximate surface area is 149 Å². The smallest absolute Gasteiger partial charge is 0.404 e. The number of halogens is 1. The molecule has 2 aliphatic rings. The van der Waals surface area contributed by atoms with Crippen molar-refractivity contribution in [3.63, 3.8) is 0 Å². The third-order valence-electron chi connectivity index (χ3n) is 5.36. The Morgan fingerprint density at radius 1 is 1.42 bits per heavy atom. The third kappa shape index (κ3) is 3.05. The number of amides is 1. The number of hydrogen-bond donors (Lipinski definition) is 2. The maximum absolute atomic E-state index is 11.0. The number of nitrogens with zero attached hydrogens (tertiary/aromatic N) is 4. The van der Waals surface area contributed by atoms with Gasteiger partial charge in [-0.25, -0.2) is 14.8 Å². The SMILES string of the molecule is Cc1nc(N2CCC3(CCC[C@H]3NC(=O)O)CC2)nc(C#N)c1Br. The minimum absolute atomic E-state index is 0.0411. The summed E-state index contributed by atoms with van der Waals surface area (Å²) in [5.74, 6) is 0.586. The first kappa shape index (κ1) is 17.0. The van der Waals surface area contributed by atoms with Gasteiger partial charge in [-0.1, -0.05) is 6.42 Å². The second-order valence-electron chi connectivity index (χ2n) is 6.63. The molecule has 128 valence electrons. The molecule has 0 aromatic carbocycles. The van der Waals surface area contributed by atoms with E-state index >= 15 is 0 Å². The minimum atomic E-state index is -0.936. The summed E-state index contributed by atoms with van der Waals surface area (Å²) < 4.78 is 0.642. The zero-order valence-electron chi connectivity index (χ0n) is 13.5. The molecule has 1 aliphatic heterocycles. The predicted octanol–water partition coefficient (Wildman–Crippen LogP) is 2.83. The first-order valence-corrected chi connectivity index (χ1v) is 8.93. The van der Waals surface area contributed by atoms with Crippen molar-refractivity contribution in [3.05, 3.63) is 15.9 Å². The molecule has 0 unspecified atom stereocenters. The van der Waals surface area contributed by atoms with Gasteiger partial charge in [0.15, 0.2) is 5.69 Å². The highest BCUT2D eigenvalue weighted by molar-refractivity contribution is 9.10. The Hall–Kier alpha value is -1.88. The first-order chi connectivity index (χ1) is 11.4. The summed E-state index contributed by atoms with van der Waals surface area (Å²) >= 11 is 3.35. The van der Waals surface area contributed by atoms with Gasteiger partial charge >= 0.3 is 6.09 Å². The van der Waals surface area contributed by atoms with E-state index in [4.69, 9.17) is 5.11 Å². The van der Waals surface area contributed by atoms with Crippen LogP contribution in [0.15, 0.2) is 4.47 Å². The van der Waals surface area contributed by atoms with Crippen LogP contribution < -0.4 is 10.2 Å². The molecule has 0 bridgehead atoms. The molecular weight excluding hydrogens is 374 g/mol. The molecule has 1 spiro atoms. The summed E-state index contributed by atoms with van der Waals surface area (Å²) in [6, 6.07) is 2.13. The van der Waals surface area contributed by atoms with Gasteiger partial charge in [0.05, 0.1) is 10.2 Å². The molecule has 7 nitrogen and oxygen atoms in total. The van der Waals surface area contributed by atoms with E-state index in [1.54, 1.807) is 0 Å². The number of piperidine rings is 1. The molecule has 1 atom stereocenters. The topological polar surface area (TPSA) is 102 Å².